The summed E-state index contributed by atoms with van der Waals surface area (Å²) in [6.07, 6.45) is 4.31. The molecular formula is C57H71N6O7Pd-. The standard InChI is InChI=1S/C28H32N2O4.C26H28N4O3.C2H6.CH3.Pd.H2/c1-18(31)29-11-12-30-22-7-5-19(13-20(22)15-25(30)27(2,3)4)14-26(32)28(9-10-28)21-6-8-23-24(16-21)34-17-33-23;1-25(2,3)23-14-18-12-17(4-6-20(18)30(23)11-10-28-29-27)13-24(31)26(8-9-26)19-5-7-21-22(15-19)33-16-32-21;1-2;;;/h5-8,13,15-16H,9-12,14,17H2,1-4H3,(H,29,31);4-7,12,14-15H,8-11,13,16H2,1-3H3;1-2H3;1H3;;1H/q;;;-1;;. The molecule has 14 heteroatoms. The van der Waals surface area contributed by atoms with Crippen molar-refractivity contribution in [1.82, 2.24) is 14.5 Å². The van der Waals surface area contributed by atoms with Crippen LogP contribution in [0.15, 0.2) is 90.0 Å². The van der Waals surface area contributed by atoms with Gasteiger partial charge in [-0.25, -0.2) is 0 Å². The summed E-state index contributed by atoms with van der Waals surface area (Å²) >= 11 is 0. The monoisotopic (exact) mass is 1060 g/mol. The van der Waals surface area contributed by atoms with Gasteiger partial charge in [0.25, 0.3) is 0 Å². The van der Waals surface area contributed by atoms with Crippen molar-refractivity contribution >= 4 is 39.3 Å². The number of benzene rings is 4. The minimum Gasteiger partial charge on any atom is -0.454 e. The molecule has 4 heterocycles. The Balaban J connectivity index is 0.000000249. The van der Waals surface area contributed by atoms with E-state index in [1.165, 1.54) is 18.3 Å². The SMILES string of the molecule is CC.CC(=O)NCCn1c(C(C)(C)C)cc2cc(CC(=O)C3(c4ccc5c(c4)OCO5)CC3)ccc21.CC(C)(C)c1cc2cc(CC(=O)C3(c4ccc5c(c4)OCO5)CC3)ccc2n1CCN=[N+]=[N-].[CH3-].[HH].[Pd]. The summed E-state index contributed by atoms with van der Waals surface area (Å²) in [5.74, 6) is 3.43. The third kappa shape index (κ3) is 11.4. The quantitative estimate of drug-likeness (QED) is 0.0374. The van der Waals surface area contributed by atoms with Crippen molar-refractivity contribution in [3.63, 3.8) is 0 Å². The van der Waals surface area contributed by atoms with E-state index in [0.29, 0.717) is 39.0 Å². The minimum absolute atomic E-state index is 0. The van der Waals surface area contributed by atoms with Crippen LogP contribution in [0.3, 0.4) is 0 Å². The molecule has 2 fully saturated rings. The molecule has 0 radical (unpaired) electrons. The van der Waals surface area contributed by atoms with Crippen LogP contribution in [0, 0.1) is 7.43 Å². The van der Waals surface area contributed by atoms with Gasteiger partial charge in [0, 0.05) is 117 Å². The van der Waals surface area contributed by atoms with E-state index < -0.39 is 10.8 Å². The zero-order valence-electron chi connectivity index (χ0n) is 43.0. The second-order valence-electron chi connectivity index (χ2n) is 20.6. The van der Waals surface area contributed by atoms with E-state index in [1.807, 2.05) is 56.3 Å². The third-order valence-electron chi connectivity index (χ3n) is 13.8. The van der Waals surface area contributed by atoms with Gasteiger partial charge in [0.1, 0.15) is 11.6 Å². The van der Waals surface area contributed by atoms with E-state index >= 15 is 0 Å². The molecule has 1 amide bonds. The van der Waals surface area contributed by atoms with Crippen LogP contribution >= 0.6 is 0 Å². The van der Waals surface area contributed by atoms with Crippen LogP contribution in [0.5, 0.6) is 23.0 Å². The smallest absolute Gasteiger partial charge is 0.231 e. The molecule has 4 aromatic carbocycles. The van der Waals surface area contributed by atoms with Crippen LogP contribution < -0.4 is 24.3 Å². The normalized spacial score (nSPS) is 15.2. The molecule has 4 aliphatic rings. The van der Waals surface area contributed by atoms with E-state index in [0.717, 1.165) is 92.7 Å². The molecule has 2 aliphatic heterocycles. The Hall–Kier alpha value is -6.06. The third-order valence-corrected chi connectivity index (χ3v) is 13.8. The van der Waals surface area contributed by atoms with Crippen LogP contribution in [0.4, 0.5) is 0 Å². The molecule has 0 saturated heterocycles. The average Bonchev–Trinajstić information content (AvgIpc) is 4.08. The van der Waals surface area contributed by atoms with Crippen LogP contribution in [0.25, 0.3) is 32.2 Å². The molecule has 2 aliphatic carbocycles. The van der Waals surface area contributed by atoms with E-state index in [4.69, 9.17) is 24.5 Å². The molecule has 382 valence electrons. The molecule has 0 bridgehead atoms. The topological polar surface area (TPSA) is 159 Å². The van der Waals surface area contributed by atoms with Crippen LogP contribution in [0.2, 0.25) is 0 Å². The Bertz CT molecular complexity index is 2990. The Labute approximate surface area is 433 Å². The van der Waals surface area contributed by atoms with Crippen molar-refractivity contribution in [2.45, 2.75) is 136 Å². The van der Waals surface area contributed by atoms with E-state index in [1.54, 1.807) is 0 Å². The number of rotatable bonds is 14. The number of ketones is 2. The summed E-state index contributed by atoms with van der Waals surface area (Å²) in [4.78, 5) is 41.1. The zero-order valence-corrected chi connectivity index (χ0v) is 44.5. The van der Waals surface area contributed by atoms with Gasteiger partial charge >= 0.3 is 0 Å². The van der Waals surface area contributed by atoms with Gasteiger partial charge in [0.15, 0.2) is 23.0 Å². The maximum absolute atomic E-state index is 13.5. The average molecular weight is 1060 g/mol. The van der Waals surface area contributed by atoms with Crippen molar-refractivity contribution in [3.05, 3.63) is 136 Å². The number of hydrogen-bond acceptors (Lipinski definition) is 8. The number of hydrogen-bond donors (Lipinski definition) is 1. The molecule has 2 saturated carbocycles. The molecule has 0 unspecified atom stereocenters. The summed E-state index contributed by atoms with van der Waals surface area (Å²) < 4.78 is 26.4. The molecule has 10 rings (SSSR count). The summed E-state index contributed by atoms with van der Waals surface area (Å²) in [6, 6.07) is 28.8. The summed E-state index contributed by atoms with van der Waals surface area (Å²) in [7, 11) is 0. The number of nitrogens with zero attached hydrogens (tertiary/aromatic N) is 5. The van der Waals surface area contributed by atoms with Crippen LogP contribution in [-0.2, 0) is 82.4 Å². The van der Waals surface area contributed by atoms with Crippen LogP contribution in [0.1, 0.15) is 123 Å². The number of carbonyl (C=O) groups is 3. The molecule has 0 spiro atoms. The Morgan fingerprint density at radius 1 is 0.648 bits per heavy atom. The van der Waals surface area contributed by atoms with Gasteiger partial charge in [-0.2, -0.15) is 0 Å². The van der Waals surface area contributed by atoms with Crippen molar-refractivity contribution in [3.8, 4) is 23.0 Å². The predicted octanol–water partition coefficient (Wildman–Crippen LogP) is 12.2. The van der Waals surface area contributed by atoms with E-state index in [9.17, 15) is 14.4 Å². The first-order chi connectivity index (χ1) is 33.0. The molecular weight excluding hydrogens is 987 g/mol. The number of nitrogens with one attached hydrogen (secondary N) is 1. The number of azide groups is 1. The van der Waals surface area contributed by atoms with Gasteiger partial charge in [0.05, 0.1) is 10.8 Å². The second kappa shape index (κ2) is 21.7. The van der Waals surface area contributed by atoms with E-state index in [-0.39, 0.29) is 71.2 Å². The van der Waals surface area contributed by atoms with Gasteiger partial charge in [-0.1, -0.05) is 84.8 Å². The van der Waals surface area contributed by atoms with Gasteiger partial charge in [-0.05, 0) is 114 Å². The largest absolute Gasteiger partial charge is 0.454 e. The van der Waals surface area contributed by atoms with Crippen molar-refractivity contribution in [2.75, 3.05) is 26.7 Å². The number of aromatic nitrogens is 2. The molecule has 0 atom stereocenters. The van der Waals surface area contributed by atoms with Gasteiger partial charge in [0.2, 0.25) is 19.5 Å². The van der Waals surface area contributed by atoms with E-state index in [2.05, 4.69) is 108 Å². The summed E-state index contributed by atoms with van der Waals surface area (Å²) in [5.41, 5.74) is 16.5. The fourth-order valence-electron chi connectivity index (χ4n) is 9.92. The van der Waals surface area contributed by atoms with Crippen molar-refractivity contribution < 1.29 is 55.2 Å². The molecule has 2 aromatic heterocycles. The number of Topliss-reactive ketones (excluding diaryl/α,β-unsaturated/α-hetero) is 2. The van der Waals surface area contributed by atoms with Gasteiger partial charge in [-0.15, -0.1) is 0 Å². The Kier molecular flexibility index (Phi) is 16.6. The predicted molar refractivity (Wildman–Crippen MR) is 278 cm³/mol. The summed E-state index contributed by atoms with van der Waals surface area (Å²) in [6.45, 7) is 21.5. The maximum Gasteiger partial charge on any atom is 0.231 e. The molecule has 13 nitrogen and oxygen atoms in total. The fourth-order valence-corrected chi connectivity index (χ4v) is 9.92. The molecule has 6 aromatic rings. The number of carbonyl (C=O) groups excluding carboxylic acids is 3. The Morgan fingerprint density at radius 2 is 1.07 bits per heavy atom. The van der Waals surface area contributed by atoms with Gasteiger partial charge < -0.3 is 40.8 Å². The number of ether oxygens (including phenoxy) is 4. The number of fused-ring (bicyclic) bond motifs is 4. The number of amides is 1. The van der Waals surface area contributed by atoms with Crippen LogP contribution in [-0.4, -0.2) is 53.3 Å². The molecule has 71 heavy (non-hydrogen) atoms. The Morgan fingerprint density at radius 3 is 1.46 bits per heavy atom. The van der Waals surface area contributed by atoms with Crippen molar-refractivity contribution in [2.24, 2.45) is 5.11 Å². The maximum atomic E-state index is 13.5. The van der Waals surface area contributed by atoms with Crippen molar-refractivity contribution in [1.29, 1.82) is 0 Å². The molecule has 1 N–H and O–H groups in total. The summed E-state index contributed by atoms with van der Waals surface area (Å²) in [5, 5.41) is 8.86. The van der Waals surface area contributed by atoms with Gasteiger partial charge in [-0.3, -0.25) is 14.4 Å². The fraction of sp³-hybridized carbons (Fsp3) is 0.439. The first kappa shape index (κ1) is 54.3. The second-order valence-corrected chi connectivity index (χ2v) is 20.6. The zero-order chi connectivity index (χ0) is 49.3. The first-order valence-corrected chi connectivity index (χ1v) is 24.4. The minimum atomic E-state index is -0.409. The first-order valence-electron chi connectivity index (χ1n) is 24.4.